The molecule has 4 aromatic rings. The van der Waals surface area contributed by atoms with Crippen LogP contribution in [-0.4, -0.2) is 20.7 Å². The minimum Gasteiger partial charge on any atom is -0.383 e. The van der Waals surface area contributed by atoms with Crippen molar-refractivity contribution in [1.29, 1.82) is 0 Å². The van der Waals surface area contributed by atoms with E-state index in [1.54, 1.807) is 21.8 Å². The lowest BCUT2D eigenvalue weighted by Gasteiger charge is -2.22. The topological polar surface area (TPSA) is 86.3 Å². The molecule has 164 valence electrons. The van der Waals surface area contributed by atoms with Gasteiger partial charge in [0.25, 0.3) is 5.91 Å². The van der Waals surface area contributed by atoms with Crippen LogP contribution in [0.4, 0.5) is 11.5 Å². The Bertz CT molecular complexity index is 1420. The molecule has 3 heterocycles. The van der Waals surface area contributed by atoms with Gasteiger partial charge in [-0.3, -0.25) is 9.48 Å². The number of ether oxygens (including phenoxy) is 1. The highest BCUT2D eigenvalue weighted by molar-refractivity contribution is 6.08. The second-order valence-corrected chi connectivity index (χ2v) is 8.18. The third-order valence-electron chi connectivity index (χ3n) is 6.00. The lowest BCUT2D eigenvalue weighted by Crippen LogP contribution is -2.30. The summed E-state index contributed by atoms with van der Waals surface area (Å²) in [5.41, 5.74) is 11.8. The van der Waals surface area contributed by atoms with E-state index >= 15 is 0 Å². The number of rotatable bonds is 4. The monoisotopic (exact) mass is 437 g/mol. The van der Waals surface area contributed by atoms with Crippen LogP contribution in [0.5, 0.6) is 0 Å². The molecular formula is C26H23N5O2. The number of carbonyl (C=O) groups is 1. The normalized spacial score (nSPS) is 14.8. The quantitative estimate of drug-likeness (QED) is 0.488. The highest BCUT2D eigenvalue weighted by atomic mass is 16.5. The van der Waals surface area contributed by atoms with Crippen LogP contribution in [0.15, 0.2) is 54.9 Å². The van der Waals surface area contributed by atoms with Crippen LogP contribution in [0.2, 0.25) is 0 Å². The second kappa shape index (κ2) is 8.08. The van der Waals surface area contributed by atoms with E-state index in [2.05, 4.69) is 16.0 Å². The van der Waals surface area contributed by atoms with Gasteiger partial charge in [0.15, 0.2) is 0 Å². The maximum absolute atomic E-state index is 13.7. The van der Waals surface area contributed by atoms with Crippen molar-refractivity contribution < 1.29 is 9.53 Å². The van der Waals surface area contributed by atoms with Crippen molar-refractivity contribution >= 4 is 28.3 Å². The van der Waals surface area contributed by atoms with Gasteiger partial charge >= 0.3 is 0 Å². The second-order valence-electron chi connectivity index (χ2n) is 8.18. The predicted molar refractivity (Wildman–Crippen MR) is 127 cm³/mol. The van der Waals surface area contributed by atoms with Crippen LogP contribution < -0.4 is 10.6 Å². The minimum absolute atomic E-state index is 0.117. The van der Waals surface area contributed by atoms with Gasteiger partial charge in [-0.05, 0) is 48.4 Å². The van der Waals surface area contributed by atoms with Crippen molar-refractivity contribution in [3.8, 4) is 12.3 Å². The summed E-state index contributed by atoms with van der Waals surface area (Å²) in [7, 11) is 1.82. The molecule has 0 fully saturated rings. The van der Waals surface area contributed by atoms with E-state index in [4.69, 9.17) is 16.9 Å². The van der Waals surface area contributed by atoms with Gasteiger partial charge in [0.2, 0.25) is 0 Å². The maximum Gasteiger partial charge on any atom is 0.258 e. The van der Waals surface area contributed by atoms with Crippen molar-refractivity contribution in [2.75, 3.05) is 10.6 Å². The summed E-state index contributed by atoms with van der Waals surface area (Å²) >= 11 is 0. The first-order chi connectivity index (χ1) is 15.9. The number of pyridine rings is 1. The lowest BCUT2D eigenvalue weighted by atomic mass is 10.00. The fourth-order valence-electron chi connectivity index (χ4n) is 4.27. The van der Waals surface area contributed by atoms with E-state index in [1.165, 1.54) is 0 Å². The maximum atomic E-state index is 13.7. The Morgan fingerprint density at radius 1 is 1.30 bits per heavy atom. The standard InChI is InChI=1S/C26H23N5O2/c1-4-17-5-7-18(8-6-17)13-31(20-12-28-30(3)14-20)26(32)19-9-10-23-21(11-19)22-15-33-16(2)24(22)25(27)29-23/h1,5-12,14,16H,13,15H2,2-3H3,(H2,27,29). The Labute approximate surface area is 191 Å². The molecule has 7 heteroatoms. The van der Waals surface area contributed by atoms with Crippen LogP contribution in [0, 0.1) is 12.3 Å². The van der Waals surface area contributed by atoms with Crippen LogP contribution in [-0.2, 0) is 24.9 Å². The summed E-state index contributed by atoms with van der Waals surface area (Å²) in [6.45, 7) is 2.79. The zero-order valence-electron chi connectivity index (χ0n) is 18.4. The third-order valence-corrected chi connectivity index (χ3v) is 6.00. The number of aryl methyl sites for hydroxylation is 1. The molecular weight excluding hydrogens is 414 g/mol. The first-order valence-electron chi connectivity index (χ1n) is 10.6. The molecule has 0 saturated heterocycles. The van der Waals surface area contributed by atoms with Gasteiger partial charge in [-0.2, -0.15) is 5.10 Å². The first-order valence-corrected chi connectivity index (χ1v) is 10.6. The van der Waals surface area contributed by atoms with Crippen molar-refractivity contribution in [3.05, 3.63) is 82.7 Å². The Hall–Kier alpha value is -4.15. The highest BCUT2D eigenvalue weighted by Crippen LogP contribution is 2.38. The number of anilines is 2. The van der Waals surface area contributed by atoms with Crippen LogP contribution >= 0.6 is 0 Å². The zero-order valence-corrected chi connectivity index (χ0v) is 18.4. The van der Waals surface area contributed by atoms with E-state index in [-0.39, 0.29) is 12.0 Å². The SMILES string of the molecule is C#Cc1ccc(CN(C(=O)c2ccc3nc(N)c4c(c3c2)COC4C)c2cnn(C)c2)cc1. The van der Waals surface area contributed by atoms with Gasteiger partial charge in [0, 0.05) is 35.3 Å². The van der Waals surface area contributed by atoms with Gasteiger partial charge in [-0.25, -0.2) is 4.98 Å². The van der Waals surface area contributed by atoms with Crippen LogP contribution in [0.3, 0.4) is 0 Å². The van der Waals surface area contributed by atoms with Gasteiger partial charge in [0.1, 0.15) is 5.82 Å². The number of aromatic nitrogens is 3. The molecule has 1 unspecified atom stereocenters. The summed E-state index contributed by atoms with van der Waals surface area (Å²) < 4.78 is 7.47. The Morgan fingerprint density at radius 2 is 2.09 bits per heavy atom. The van der Waals surface area contributed by atoms with Crippen molar-refractivity contribution in [2.45, 2.75) is 26.2 Å². The van der Waals surface area contributed by atoms with Crippen molar-refractivity contribution in [2.24, 2.45) is 7.05 Å². The van der Waals surface area contributed by atoms with E-state index < -0.39 is 0 Å². The van der Waals surface area contributed by atoms with Gasteiger partial charge < -0.3 is 15.4 Å². The number of hydrogen-bond acceptors (Lipinski definition) is 5. The molecule has 2 aromatic heterocycles. The molecule has 1 amide bonds. The molecule has 5 rings (SSSR count). The van der Waals surface area contributed by atoms with E-state index in [1.807, 2.05) is 56.6 Å². The summed E-state index contributed by atoms with van der Waals surface area (Å²) in [5.74, 6) is 2.96. The van der Waals surface area contributed by atoms with Gasteiger partial charge in [0.05, 0.1) is 36.7 Å². The molecule has 7 nitrogen and oxygen atoms in total. The lowest BCUT2D eigenvalue weighted by molar-refractivity contribution is 0.0801. The summed E-state index contributed by atoms with van der Waals surface area (Å²) in [6.07, 6.45) is 8.87. The number of carbonyl (C=O) groups excluding carboxylic acids is 1. The van der Waals surface area contributed by atoms with Gasteiger partial charge in [-0.1, -0.05) is 18.1 Å². The number of amides is 1. The number of benzene rings is 2. The number of terminal acetylenes is 1. The molecule has 1 aliphatic heterocycles. The largest absolute Gasteiger partial charge is 0.383 e. The summed E-state index contributed by atoms with van der Waals surface area (Å²) in [4.78, 5) is 20.0. The zero-order chi connectivity index (χ0) is 23.1. The molecule has 2 N–H and O–H groups in total. The number of hydrogen-bond donors (Lipinski definition) is 1. The Kier molecular flexibility index (Phi) is 5.08. The average Bonchev–Trinajstić information content (AvgIpc) is 3.43. The molecule has 1 aliphatic rings. The molecule has 2 aromatic carbocycles. The molecule has 33 heavy (non-hydrogen) atoms. The van der Waals surface area contributed by atoms with Crippen LogP contribution in [0.25, 0.3) is 10.9 Å². The molecule has 0 bridgehead atoms. The third kappa shape index (κ3) is 3.71. The van der Waals surface area contributed by atoms with E-state index in [0.717, 1.165) is 33.2 Å². The smallest absolute Gasteiger partial charge is 0.258 e. The molecule has 0 spiro atoms. The molecule has 1 atom stereocenters. The molecule has 0 radical (unpaired) electrons. The fraction of sp³-hybridized carbons (Fsp3) is 0.192. The number of fused-ring (bicyclic) bond motifs is 3. The van der Waals surface area contributed by atoms with E-state index in [0.29, 0.717) is 30.2 Å². The molecule has 0 aliphatic carbocycles. The number of nitrogens with zero attached hydrogens (tertiary/aromatic N) is 4. The van der Waals surface area contributed by atoms with Gasteiger partial charge in [-0.15, -0.1) is 6.42 Å². The summed E-state index contributed by atoms with van der Waals surface area (Å²) in [6, 6.07) is 13.1. The Balaban J connectivity index is 1.56. The number of nitrogens with two attached hydrogens (primary N) is 1. The fourth-order valence-corrected chi connectivity index (χ4v) is 4.27. The first kappa shape index (κ1) is 20.7. The Morgan fingerprint density at radius 3 is 2.79 bits per heavy atom. The average molecular weight is 438 g/mol. The summed E-state index contributed by atoms with van der Waals surface area (Å²) in [5, 5.41) is 5.14. The number of nitrogen functional groups attached to an aromatic ring is 1. The van der Waals surface area contributed by atoms with Crippen molar-refractivity contribution in [3.63, 3.8) is 0 Å². The minimum atomic E-state index is -0.136. The molecule has 0 saturated carbocycles. The predicted octanol–water partition coefficient (Wildman–Crippen LogP) is 3.97. The van der Waals surface area contributed by atoms with Crippen molar-refractivity contribution in [1.82, 2.24) is 14.8 Å². The van der Waals surface area contributed by atoms with Crippen LogP contribution in [0.1, 0.15) is 45.6 Å². The van der Waals surface area contributed by atoms with E-state index in [9.17, 15) is 4.79 Å². The highest BCUT2D eigenvalue weighted by Gasteiger charge is 2.27.